The van der Waals surface area contributed by atoms with E-state index in [1.54, 1.807) is 0 Å². The molecule has 0 aliphatic carbocycles. The van der Waals surface area contributed by atoms with Gasteiger partial charge in [0.05, 0.1) is 0 Å². The van der Waals surface area contributed by atoms with Crippen LogP contribution in [0.1, 0.15) is 26.3 Å². The Kier molecular flexibility index (Phi) is 6.01. The third kappa shape index (κ3) is 5.35. The van der Waals surface area contributed by atoms with Gasteiger partial charge >= 0.3 is 0 Å². The van der Waals surface area contributed by atoms with Crippen LogP contribution in [-0.2, 0) is 6.42 Å². The molecule has 21 heavy (non-hydrogen) atoms. The van der Waals surface area contributed by atoms with E-state index in [0.717, 1.165) is 25.4 Å². The van der Waals surface area contributed by atoms with Gasteiger partial charge in [-0.3, -0.25) is 0 Å². The Morgan fingerprint density at radius 3 is 2.00 bits per heavy atom. The van der Waals surface area contributed by atoms with Crippen LogP contribution in [-0.4, -0.2) is 13.1 Å². The normalized spacial score (nSPS) is 12.6. The van der Waals surface area contributed by atoms with Crippen LogP contribution in [0.4, 0.5) is 0 Å². The summed E-state index contributed by atoms with van der Waals surface area (Å²) in [6.45, 7) is 9.02. The van der Waals surface area contributed by atoms with Crippen molar-refractivity contribution in [2.24, 2.45) is 11.8 Å². The second-order valence-electron chi connectivity index (χ2n) is 6.42. The van der Waals surface area contributed by atoms with Gasteiger partial charge in [0.15, 0.2) is 0 Å². The van der Waals surface area contributed by atoms with Gasteiger partial charge < -0.3 is 5.32 Å². The van der Waals surface area contributed by atoms with E-state index >= 15 is 0 Å². The van der Waals surface area contributed by atoms with Crippen LogP contribution in [0.2, 0.25) is 0 Å². The fraction of sp³-hybridized carbons (Fsp3) is 0.400. The zero-order valence-corrected chi connectivity index (χ0v) is 13.5. The summed E-state index contributed by atoms with van der Waals surface area (Å²) in [5.41, 5.74) is 4.01. The molecule has 1 N–H and O–H groups in total. The maximum Gasteiger partial charge on any atom is -0.00199 e. The first-order valence-electron chi connectivity index (χ1n) is 8.00. The van der Waals surface area contributed by atoms with Crippen molar-refractivity contribution in [1.82, 2.24) is 5.32 Å². The molecule has 1 nitrogen and oxygen atoms in total. The predicted molar refractivity (Wildman–Crippen MR) is 92.5 cm³/mol. The van der Waals surface area contributed by atoms with Gasteiger partial charge in [0.1, 0.15) is 0 Å². The van der Waals surface area contributed by atoms with Crippen LogP contribution in [0.25, 0.3) is 11.1 Å². The Hall–Kier alpha value is -1.60. The third-order valence-corrected chi connectivity index (χ3v) is 3.69. The molecule has 2 aromatic rings. The standard InChI is InChI=1S/C20H27N/c1-16(2)14-21-15-17(3)13-18-9-11-20(12-10-18)19-7-5-4-6-8-19/h4-12,16-17,21H,13-15H2,1-3H3. The summed E-state index contributed by atoms with van der Waals surface area (Å²) in [4.78, 5) is 0. The molecule has 112 valence electrons. The summed E-state index contributed by atoms with van der Waals surface area (Å²) >= 11 is 0. The Balaban J connectivity index is 1.88. The van der Waals surface area contributed by atoms with Gasteiger partial charge in [-0.2, -0.15) is 0 Å². The molecule has 0 aromatic heterocycles. The van der Waals surface area contributed by atoms with E-state index in [1.807, 2.05) is 0 Å². The van der Waals surface area contributed by atoms with Gasteiger partial charge in [0.25, 0.3) is 0 Å². The molecule has 2 rings (SSSR count). The van der Waals surface area contributed by atoms with Crippen molar-refractivity contribution in [1.29, 1.82) is 0 Å². The summed E-state index contributed by atoms with van der Waals surface area (Å²) in [6, 6.07) is 19.6. The van der Waals surface area contributed by atoms with Crippen LogP contribution in [0, 0.1) is 11.8 Å². The lowest BCUT2D eigenvalue weighted by molar-refractivity contribution is 0.473. The van der Waals surface area contributed by atoms with Gasteiger partial charge in [0.2, 0.25) is 0 Å². The molecule has 2 aromatic carbocycles. The molecular weight excluding hydrogens is 254 g/mol. The van der Waals surface area contributed by atoms with E-state index in [4.69, 9.17) is 0 Å². The zero-order chi connectivity index (χ0) is 15.1. The minimum atomic E-state index is 0.673. The Morgan fingerprint density at radius 1 is 0.762 bits per heavy atom. The van der Waals surface area contributed by atoms with Crippen LogP contribution < -0.4 is 5.32 Å². The van der Waals surface area contributed by atoms with Gasteiger partial charge in [-0.15, -0.1) is 0 Å². The summed E-state index contributed by atoms with van der Waals surface area (Å²) in [7, 11) is 0. The molecule has 0 heterocycles. The van der Waals surface area contributed by atoms with Crippen LogP contribution in [0.5, 0.6) is 0 Å². The Labute approximate surface area is 129 Å². The minimum absolute atomic E-state index is 0.673. The lowest BCUT2D eigenvalue weighted by atomic mass is 9.98. The van der Waals surface area contributed by atoms with E-state index in [1.165, 1.54) is 16.7 Å². The van der Waals surface area contributed by atoms with Crippen molar-refractivity contribution >= 4 is 0 Å². The molecule has 0 amide bonds. The fourth-order valence-corrected chi connectivity index (χ4v) is 2.56. The maximum atomic E-state index is 3.54. The Morgan fingerprint density at radius 2 is 1.38 bits per heavy atom. The number of hydrogen-bond donors (Lipinski definition) is 1. The zero-order valence-electron chi connectivity index (χ0n) is 13.5. The van der Waals surface area contributed by atoms with Crippen LogP contribution in [0.3, 0.4) is 0 Å². The summed E-state index contributed by atoms with van der Waals surface area (Å²) in [6.07, 6.45) is 1.14. The molecule has 0 radical (unpaired) electrons. The van der Waals surface area contributed by atoms with Crippen molar-refractivity contribution < 1.29 is 0 Å². The van der Waals surface area contributed by atoms with Crippen molar-refractivity contribution in [3.63, 3.8) is 0 Å². The predicted octanol–water partition coefficient (Wildman–Crippen LogP) is 4.78. The maximum absolute atomic E-state index is 3.54. The molecule has 0 fully saturated rings. The van der Waals surface area contributed by atoms with Crippen LogP contribution >= 0.6 is 0 Å². The molecule has 1 heteroatoms. The number of hydrogen-bond acceptors (Lipinski definition) is 1. The molecule has 0 bridgehead atoms. The fourth-order valence-electron chi connectivity index (χ4n) is 2.56. The molecule has 1 atom stereocenters. The molecule has 0 aliphatic rings. The smallest absolute Gasteiger partial charge is 0.00199 e. The monoisotopic (exact) mass is 281 g/mol. The van der Waals surface area contributed by atoms with Crippen molar-refractivity contribution in [2.45, 2.75) is 27.2 Å². The largest absolute Gasteiger partial charge is 0.316 e. The third-order valence-electron chi connectivity index (χ3n) is 3.69. The summed E-state index contributed by atoms with van der Waals surface area (Å²) in [5, 5.41) is 3.54. The van der Waals surface area contributed by atoms with Gasteiger partial charge in [-0.25, -0.2) is 0 Å². The van der Waals surface area contributed by atoms with E-state index in [2.05, 4.69) is 80.7 Å². The summed E-state index contributed by atoms with van der Waals surface area (Å²) < 4.78 is 0. The van der Waals surface area contributed by atoms with Crippen LogP contribution in [0.15, 0.2) is 54.6 Å². The lowest BCUT2D eigenvalue weighted by Gasteiger charge is -2.14. The average Bonchev–Trinajstić information content (AvgIpc) is 2.48. The van der Waals surface area contributed by atoms with E-state index in [-0.39, 0.29) is 0 Å². The highest BCUT2D eigenvalue weighted by molar-refractivity contribution is 5.63. The molecule has 0 saturated heterocycles. The molecule has 0 aliphatic heterocycles. The second-order valence-corrected chi connectivity index (χ2v) is 6.42. The lowest BCUT2D eigenvalue weighted by Crippen LogP contribution is -2.26. The minimum Gasteiger partial charge on any atom is -0.316 e. The highest BCUT2D eigenvalue weighted by atomic mass is 14.9. The van der Waals surface area contributed by atoms with Gasteiger partial charge in [-0.1, -0.05) is 75.4 Å². The first-order chi connectivity index (χ1) is 10.1. The first-order valence-corrected chi connectivity index (χ1v) is 8.00. The quantitative estimate of drug-likeness (QED) is 0.770. The topological polar surface area (TPSA) is 12.0 Å². The van der Waals surface area contributed by atoms with E-state index in [0.29, 0.717) is 5.92 Å². The molecule has 0 saturated carbocycles. The molecule has 0 spiro atoms. The number of nitrogens with one attached hydrogen (secondary N) is 1. The van der Waals surface area contributed by atoms with E-state index < -0.39 is 0 Å². The van der Waals surface area contributed by atoms with Crippen molar-refractivity contribution in [3.05, 3.63) is 60.2 Å². The van der Waals surface area contributed by atoms with Gasteiger partial charge in [0, 0.05) is 0 Å². The Bertz CT molecular complexity index is 513. The SMILES string of the molecule is CC(C)CNCC(C)Cc1ccc(-c2ccccc2)cc1. The average molecular weight is 281 g/mol. The second kappa shape index (κ2) is 7.99. The molecular formula is C20H27N. The highest BCUT2D eigenvalue weighted by Crippen LogP contribution is 2.20. The van der Waals surface area contributed by atoms with Crippen molar-refractivity contribution in [3.8, 4) is 11.1 Å². The number of benzene rings is 2. The summed E-state index contributed by atoms with van der Waals surface area (Å²) in [5.74, 6) is 1.40. The number of rotatable bonds is 7. The van der Waals surface area contributed by atoms with Crippen molar-refractivity contribution in [2.75, 3.05) is 13.1 Å². The first kappa shape index (κ1) is 15.8. The highest BCUT2D eigenvalue weighted by Gasteiger charge is 2.04. The van der Waals surface area contributed by atoms with Gasteiger partial charge in [-0.05, 0) is 48.0 Å². The molecule has 1 unspecified atom stereocenters. The van der Waals surface area contributed by atoms with E-state index in [9.17, 15) is 0 Å².